The first kappa shape index (κ1) is 13.7. The van der Waals surface area contributed by atoms with Gasteiger partial charge in [0.1, 0.15) is 5.92 Å². The predicted molar refractivity (Wildman–Crippen MR) is 56.7 cm³/mol. The molecule has 0 aromatic heterocycles. The van der Waals surface area contributed by atoms with E-state index in [-0.39, 0.29) is 6.42 Å². The third-order valence-electron chi connectivity index (χ3n) is 2.38. The number of rotatable bonds is 4. The van der Waals surface area contributed by atoms with Crippen molar-refractivity contribution in [2.24, 2.45) is 5.92 Å². The standard InChI is InChI=1S/C11H8F2N2O3/c1-2-6(5-14)11(16)7-3-8(12)9(13)4-10(7)15(17)18/h3-4,6H,2H2,1H3. The van der Waals surface area contributed by atoms with Gasteiger partial charge >= 0.3 is 0 Å². The number of benzene rings is 1. The molecule has 1 aromatic rings. The fourth-order valence-electron chi connectivity index (χ4n) is 1.41. The molecule has 18 heavy (non-hydrogen) atoms. The van der Waals surface area contributed by atoms with Crippen LogP contribution in [0.5, 0.6) is 0 Å². The molecule has 0 fully saturated rings. The smallest absolute Gasteiger partial charge is 0.283 e. The fourth-order valence-corrected chi connectivity index (χ4v) is 1.41. The number of carbonyl (C=O) groups excluding carboxylic acids is 1. The zero-order chi connectivity index (χ0) is 13.9. The minimum atomic E-state index is -1.41. The van der Waals surface area contributed by atoms with Crippen LogP contribution in [-0.2, 0) is 0 Å². The minimum Gasteiger partial charge on any atom is -0.292 e. The molecule has 7 heteroatoms. The SMILES string of the molecule is CCC(C#N)C(=O)c1cc(F)c(F)cc1[N+](=O)[O-]. The number of hydrogen-bond donors (Lipinski definition) is 0. The van der Waals surface area contributed by atoms with Crippen LogP contribution in [0.15, 0.2) is 12.1 Å². The van der Waals surface area contributed by atoms with Crippen molar-refractivity contribution in [2.45, 2.75) is 13.3 Å². The van der Waals surface area contributed by atoms with E-state index in [9.17, 15) is 23.7 Å². The summed E-state index contributed by atoms with van der Waals surface area (Å²) >= 11 is 0. The summed E-state index contributed by atoms with van der Waals surface area (Å²) in [5, 5.41) is 19.4. The van der Waals surface area contributed by atoms with Crippen molar-refractivity contribution in [1.29, 1.82) is 5.26 Å². The van der Waals surface area contributed by atoms with Gasteiger partial charge in [0.2, 0.25) is 0 Å². The van der Waals surface area contributed by atoms with Gasteiger partial charge in [0, 0.05) is 0 Å². The summed E-state index contributed by atoms with van der Waals surface area (Å²) in [4.78, 5) is 21.5. The summed E-state index contributed by atoms with van der Waals surface area (Å²) < 4.78 is 25.9. The molecule has 0 saturated heterocycles. The lowest BCUT2D eigenvalue weighted by Gasteiger charge is -2.06. The second kappa shape index (κ2) is 5.31. The van der Waals surface area contributed by atoms with Crippen molar-refractivity contribution in [3.05, 3.63) is 39.4 Å². The summed E-state index contributed by atoms with van der Waals surface area (Å²) in [6.45, 7) is 1.54. The first-order chi connectivity index (χ1) is 8.42. The molecule has 1 rings (SSSR count). The molecule has 94 valence electrons. The van der Waals surface area contributed by atoms with Crippen LogP contribution in [0.1, 0.15) is 23.7 Å². The topological polar surface area (TPSA) is 84.0 Å². The number of nitro benzene ring substituents is 1. The number of carbonyl (C=O) groups is 1. The van der Waals surface area contributed by atoms with E-state index in [2.05, 4.69) is 0 Å². The molecule has 1 aromatic carbocycles. The van der Waals surface area contributed by atoms with E-state index >= 15 is 0 Å². The van der Waals surface area contributed by atoms with Crippen molar-refractivity contribution in [1.82, 2.24) is 0 Å². The fraction of sp³-hybridized carbons (Fsp3) is 0.273. The maximum atomic E-state index is 13.0. The molecular weight excluding hydrogens is 246 g/mol. The zero-order valence-corrected chi connectivity index (χ0v) is 9.31. The molecule has 0 aliphatic rings. The quantitative estimate of drug-likeness (QED) is 0.469. The Morgan fingerprint density at radius 1 is 1.50 bits per heavy atom. The van der Waals surface area contributed by atoms with Crippen LogP contribution in [0.4, 0.5) is 14.5 Å². The van der Waals surface area contributed by atoms with Gasteiger partial charge in [-0.2, -0.15) is 5.26 Å². The minimum absolute atomic E-state index is 0.130. The van der Waals surface area contributed by atoms with E-state index in [1.54, 1.807) is 6.07 Å². The Kier molecular flexibility index (Phi) is 4.05. The van der Waals surface area contributed by atoms with E-state index in [4.69, 9.17) is 5.26 Å². The van der Waals surface area contributed by atoms with E-state index in [1.807, 2.05) is 0 Å². The Bertz CT molecular complexity index is 552. The van der Waals surface area contributed by atoms with Gasteiger partial charge in [-0.05, 0) is 12.5 Å². The number of halogens is 2. The van der Waals surface area contributed by atoms with Gasteiger partial charge < -0.3 is 0 Å². The average Bonchev–Trinajstić information content (AvgIpc) is 2.33. The Morgan fingerprint density at radius 3 is 2.50 bits per heavy atom. The third-order valence-corrected chi connectivity index (χ3v) is 2.38. The van der Waals surface area contributed by atoms with E-state index < -0.39 is 39.5 Å². The van der Waals surface area contributed by atoms with Gasteiger partial charge in [-0.3, -0.25) is 14.9 Å². The summed E-state index contributed by atoms with van der Waals surface area (Å²) in [6.07, 6.45) is 0.130. The highest BCUT2D eigenvalue weighted by Gasteiger charge is 2.28. The summed E-state index contributed by atoms with van der Waals surface area (Å²) in [5.41, 5.74) is -1.43. The van der Waals surface area contributed by atoms with E-state index in [0.717, 1.165) is 0 Å². The Labute approximate surface area is 101 Å². The molecule has 0 radical (unpaired) electrons. The Balaban J connectivity index is 3.40. The van der Waals surface area contributed by atoms with Gasteiger partial charge in [-0.1, -0.05) is 6.92 Å². The molecule has 0 N–H and O–H groups in total. The zero-order valence-electron chi connectivity index (χ0n) is 9.31. The van der Waals surface area contributed by atoms with Crippen molar-refractivity contribution in [2.75, 3.05) is 0 Å². The average molecular weight is 254 g/mol. The van der Waals surface area contributed by atoms with Gasteiger partial charge in [-0.15, -0.1) is 0 Å². The summed E-state index contributed by atoms with van der Waals surface area (Å²) in [6, 6.07) is 2.46. The van der Waals surface area contributed by atoms with Crippen LogP contribution in [0.25, 0.3) is 0 Å². The first-order valence-corrected chi connectivity index (χ1v) is 4.99. The summed E-state index contributed by atoms with van der Waals surface area (Å²) in [5.74, 6) is -4.78. The maximum absolute atomic E-state index is 13.0. The number of nitriles is 1. The normalized spacial score (nSPS) is 11.7. The highest BCUT2D eigenvalue weighted by Crippen LogP contribution is 2.25. The molecule has 0 bridgehead atoms. The van der Waals surface area contributed by atoms with Crippen molar-refractivity contribution in [3.63, 3.8) is 0 Å². The molecule has 0 heterocycles. The van der Waals surface area contributed by atoms with Gasteiger partial charge in [0.05, 0.1) is 22.6 Å². The summed E-state index contributed by atoms with van der Waals surface area (Å²) in [7, 11) is 0. The molecule has 0 spiro atoms. The van der Waals surface area contributed by atoms with Crippen LogP contribution in [0.3, 0.4) is 0 Å². The molecular formula is C11H8F2N2O3. The highest BCUT2D eigenvalue weighted by molar-refractivity contribution is 6.02. The number of ketones is 1. The molecule has 0 aliphatic heterocycles. The second-order valence-corrected chi connectivity index (χ2v) is 3.49. The Hall–Kier alpha value is -2.36. The van der Waals surface area contributed by atoms with Crippen molar-refractivity contribution >= 4 is 11.5 Å². The molecule has 0 amide bonds. The molecule has 5 nitrogen and oxygen atoms in total. The van der Waals surface area contributed by atoms with Crippen LogP contribution in [0.2, 0.25) is 0 Å². The molecule has 1 atom stereocenters. The first-order valence-electron chi connectivity index (χ1n) is 4.99. The molecule has 0 aliphatic carbocycles. The Morgan fingerprint density at radius 2 is 2.06 bits per heavy atom. The highest BCUT2D eigenvalue weighted by atomic mass is 19.2. The lowest BCUT2D eigenvalue weighted by molar-refractivity contribution is -0.385. The van der Waals surface area contributed by atoms with E-state index in [1.165, 1.54) is 6.92 Å². The second-order valence-electron chi connectivity index (χ2n) is 3.49. The molecule has 0 saturated carbocycles. The van der Waals surface area contributed by atoms with Gasteiger partial charge in [-0.25, -0.2) is 8.78 Å². The third kappa shape index (κ3) is 2.48. The van der Waals surface area contributed by atoms with Crippen molar-refractivity contribution in [3.8, 4) is 6.07 Å². The largest absolute Gasteiger partial charge is 0.292 e. The van der Waals surface area contributed by atoms with Crippen LogP contribution in [0, 0.1) is 39.0 Å². The number of Topliss-reactive ketones (excluding diaryl/α,β-unsaturated/α-hetero) is 1. The van der Waals surface area contributed by atoms with Gasteiger partial charge in [0.25, 0.3) is 5.69 Å². The van der Waals surface area contributed by atoms with E-state index in [0.29, 0.717) is 12.1 Å². The number of hydrogen-bond acceptors (Lipinski definition) is 4. The predicted octanol–water partition coefficient (Wildman–Crippen LogP) is 2.61. The maximum Gasteiger partial charge on any atom is 0.283 e. The lowest BCUT2D eigenvalue weighted by atomic mass is 9.95. The van der Waals surface area contributed by atoms with Crippen LogP contribution < -0.4 is 0 Å². The number of nitro groups is 1. The van der Waals surface area contributed by atoms with Crippen LogP contribution >= 0.6 is 0 Å². The number of nitrogens with zero attached hydrogens (tertiary/aromatic N) is 2. The lowest BCUT2D eigenvalue weighted by Crippen LogP contribution is -2.14. The van der Waals surface area contributed by atoms with Crippen LogP contribution in [-0.4, -0.2) is 10.7 Å². The van der Waals surface area contributed by atoms with Gasteiger partial charge in [0.15, 0.2) is 17.4 Å². The molecule has 1 unspecified atom stereocenters. The van der Waals surface area contributed by atoms with Crippen molar-refractivity contribution < 1.29 is 18.5 Å². The monoisotopic (exact) mass is 254 g/mol.